The highest BCUT2D eigenvalue weighted by molar-refractivity contribution is 6.89. The van der Waals surface area contributed by atoms with E-state index in [0.29, 0.717) is 11.4 Å². The summed E-state index contributed by atoms with van der Waals surface area (Å²) in [6.45, 7) is 31.4. The van der Waals surface area contributed by atoms with Crippen LogP contribution in [0.15, 0.2) is 103 Å². The summed E-state index contributed by atoms with van der Waals surface area (Å²) in [5, 5.41) is 13.6. The molecule has 0 fully saturated rings. The maximum Gasteiger partial charge on any atom is 0.149 e. The van der Waals surface area contributed by atoms with Crippen LogP contribution in [0.2, 0.25) is 19.6 Å². The molecule has 5 nitrogen and oxygen atoms in total. The highest BCUT2D eigenvalue weighted by Gasteiger charge is 2.30. The van der Waals surface area contributed by atoms with Gasteiger partial charge in [-0.3, -0.25) is 14.5 Å². The van der Waals surface area contributed by atoms with Gasteiger partial charge in [0.15, 0.2) is 0 Å². The molecular formula is C52H60N4OSi. The van der Waals surface area contributed by atoms with Crippen LogP contribution in [0.1, 0.15) is 90.1 Å². The van der Waals surface area contributed by atoms with Crippen LogP contribution < -0.4 is 5.19 Å². The fourth-order valence-corrected chi connectivity index (χ4v) is 9.48. The quantitative estimate of drug-likeness (QED) is 0.171. The van der Waals surface area contributed by atoms with Gasteiger partial charge in [-0.25, -0.2) is 4.98 Å². The van der Waals surface area contributed by atoms with E-state index in [9.17, 15) is 5.11 Å². The van der Waals surface area contributed by atoms with Gasteiger partial charge in [0.05, 0.1) is 36.2 Å². The lowest BCUT2D eigenvalue weighted by Gasteiger charge is -2.27. The summed E-state index contributed by atoms with van der Waals surface area (Å²) in [6.07, 6.45) is 4.02. The van der Waals surface area contributed by atoms with Gasteiger partial charge in [0.25, 0.3) is 0 Å². The van der Waals surface area contributed by atoms with Crippen LogP contribution >= 0.6 is 0 Å². The number of hydrogen-bond acceptors (Lipinski definition) is 4. The third-order valence-electron chi connectivity index (χ3n) is 11.4. The molecule has 0 aliphatic rings. The first-order chi connectivity index (χ1) is 27.0. The Labute approximate surface area is 347 Å². The molecule has 3 heterocycles. The predicted molar refractivity (Wildman–Crippen MR) is 249 cm³/mol. The van der Waals surface area contributed by atoms with E-state index < -0.39 is 8.07 Å². The molecular weight excluding hydrogens is 725 g/mol. The van der Waals surface area contributed by atoms with Gasteiger partial charge in [-0.1, -0.05) is 137 Å². The summed E-state index contributed by atoms with van der Waals surface area (Å²) in [7, 11) is -1.72. The molecule has 0 bridgehead atoms. The van der Waals surface area contributed by atoms with E-state index in [0.717, 1.165) is 61.5 Å². The number of phenols is 1. The molecule has 6 heteroatoms. The molecule has 0 saturated heterocycles. The monoisotopic (exact) mass is 784 g/mol. The molecule has 0 saturated carbocycles. The predicted octanol–water partition coefficient (Wildman–Crippen LogP) is 13.2. The average molecular weight is 785 g/mol. The van der Waals surface area contributed by atoms with Crippen molar-refractivity contribution in [3.63, 3.8) is 0 Å². The fraction of sp³-hybridized carbons (Fsp3) is 0.327. The smallest absolute Gasteiger partial charge is 0.149 e. The molecule has 0 radical (unpaired) electrons. The minimum Gasteiger partial charge on any atom is -0.507 e. The molecule has 0 amide bonds. The number of fused-ring (bicyclic) bond motifs is 1. The highest BCUT2D eigenvalue weighted by Crippen LogP contribution is 2.45. The van der Waals surface area contributed by atoms with Crippen molar-refractivity contribution < 1.29 is 5.11 Å². The molecule has 0 aliphatic heterocycles. The lowest BCUT2D eigenvalue weighted by Crippen LogP contribution is -2.39. The Kier molecular flexibility index (Phi) is 10.2. The molecule has 298 valence electrons. The van der Waals surface area contributed by atoms with Crippen molar-refractivity contribution in [3.05, 3.63) is 131 Å². The Morgan fingerprint density at radius 3 is 1.83 bits per heavy atom. The van der Waals surface area contributed by atoms with Gasteiger partial charge < -0.3 is 5.11 Å². The number of aryl methyl sites for hydroxylation is 2. The molecule has 3 aromatic heterocycles. The minimum atomic E-state index is -1.72. The van der Waals surface area contributed by atoms with Gasteiger partial charge in [-0.15, -0.1) is 0 Å². The number of phenolic OH excluding ortho intramolecular Hbond substituents is 1. The standard InChI is InChI=1S/C52H60N4OSi/c1-32-19-18-20-33(2)47(32)56-43-23-24-53-45(46(43)55-49(56)40-28-38(51(6,7)8)29-41(48(40)57)52(9,10)11)36-25-35(26-37(27-36)50(3,4)5)42-30-39(34-21-16-15-17-22-34)44(31-54-42)58(12,13)14/h15-31,57H,1-14H3. The number of nitrogens with zero attached hydrogens (tertiary/aromatic N) is 4. The van der Waals surface area contributed by atoms with Crippen molar-refractivity contribution in [2.45, 2.75) is 112 Å². The first-order valence-corrected chi connectivity index (χ1v) is 24.1. The summed E-state index contributed by atoms with van der Waals surface area (Å²) in [5.41, 5.74) is 14.6. The maximum atomic E-state index is 12.3. The van der Waals surface area contributed by atoms with Crippen LogP contribution in [0, 0.1) is 13.8 Å². The summed E-state index contributed by atoms with van der Waals surface area (Å²) in [6, 6.07) is 32.6. The van der Waals surface area contributed by atoms with Crippen molar-refractivity contribution >= 4 is 24.3 Å². The zero-order valence-electron chi connectivity index (χ0n) is 37.1. The zero-order chi connectivity index (χ0) is 42.1. The molecule has 0 unspecified atom stereocenters. The lowest BCUT2D eigenvalue weighted by atomic mass is 9.79. The van der Waals surface area contributed by atoms with E-state index in [-0.39, 0.29) is 22.0 Å². The maximum absolute atomic E-state index is 12.3. The number of aromatic nitrogens is 4. The van der Waals surface area contributed by atoms with Gasteiger partial charge in [0.1, 0.15) is 17.1 Å². The number of hydrogen-bond donors (Lipinski definition) is 1. The normalized spacial score (nSPS) is 12.7. The molecule has 58 heavy (non-hydrogen) atoms. The second-order valence-electron chi connectivity index (χ2n) is 20.2. The largest absolute Gasteiger partial charge is 0.507 e. The molecule has 0 aliphatic carbocycles. The van der Waals surface area contributed by atoms with Crippen LogP contribution in [0.25, 0.3) is 61.8 Å². The molecule has 0 spiro atoms. The van der Waals surface area contributed by atoms with Gasteiger partial charge >= 0.3 is 0 Å². The van der Waals surface area contributed by atoms with Crippen LogP contribution in [0.3, 0.4) is 0 Å². The summed E-state index contributed by atoms with van der Waals surface area (Å²) in [4.78, 5) is 15.8. The summed E-state index contributed by atoms with van der Waals surface area (Å²) < 4.78 is 2.25. The van der Waals surface area contributed by atoms with Crippen LogP contribution in [-0.4, -0.2) is 32.7 Å². The van der Waals surface area contributed by atoms with Crippen molar-refractivity contribution in [2.24, 2.45) is 0 Å². The SMILES string of the molecule is Cc1cccc(C)c1-n1c(-c2cc(C(C)(C)C)cc(C(C)(C)C)c2O)nc2c(-c3cc(-c4cc(-c5ccccc5)c([Si](C)(C)C)cn4)cc(C(C)(C)C)c3)nccc21. The van der Waals surface area contributed by atoms with E-state index in [1.807, 2.05) is 6.20 Å². The lowest BCUT2D eigenvalue weighted by molar-refractivity contribution is 0.446. The Balaban J connectivity index is 1.55. The van der Waals surface area contributed by atoms with Gasteiger partial charge in [0, 0.05) is 29.1 Å². The van der Waals surface area contributed by atoms with Gasteiger partial charge in [0.2, 0.25) is 0 Å². The number of benzene rings is 4. The van der Waals surface area contributed by atoms with E-state index >= 15 is 0 Å². The van der Waals surface area contributed by atoms with Crippen molar-refractivity contribution in [3.8, 4) is 56.5 Å². The number of para-hydroxylation sites is 1. The minimum absolute atomic E-state index is 0.148. The van der Waals surface area contributed by atoms with Crippen LogP contribution in [-0.2, 0) is 16.2 Å². The topological polar surface area (TPSA) is 63.8 Å². The van der Waals surface area contributed by atoms with Crippen LogP contribution in [0.4, 0.5) is 0 Å². The number of rotatable bonds is 6. The highest BCUT2D eigenvalue weighted by atomic mass is 28.3. The van der Waals surface area contributed by atoms with E-state index in [1.165, 1.54) is 21.9 Å². The van der Waals surface area contributed by atoms with E-state index in [4.69, 9.17) is 15.0 Å². The third-order valence-corrected chi connectivity index (χ3v) is 13.4. The van der Waals surface area contributed by atoms with E-state index in [2.05, 4.69) is 198 Å². The fourth-order valence-electron chi connectivity index (χ4n) is 8.00. The number of aromatic hydroxyl groups is 1. The van der Waals surface area contributed by atoms with Gasteiger partial charge in [-0.05, 0) is 105 Å². The Morgan fingerprint density at radius 2 is 1.22 bits per heavy atom. The second-order valence-corrected chi connectivity index (χ2v) is 25.3. The third kappa shape index (κ3) is 7.67. The van der Waals surface area contributed by atoms with E-state index in [1.54, 1.807) is 0 Å². The number of pyridine rings is 2. The Bertz CT molecular complexity index is 2660. The average Bonchev–Trinajstić information content (AvgIpc) is 3.52. The Hall–Kier alpha value is -5.33. The van der Waals surface area contributed by atoms with Gasteiger partial charge in [-0.2, -0.15) is 0 Å². The number of imidazole rings is 1. The van der Waals surface area contributed by atoms with Crippen molar-refractivity contribution in [2.75, 3.05) is 0 Å². The Morgan fingerprint density at radius 1 is 0.603 bits per heavy atom. The summed E-state index contributed by atoms with van der Waals surface area (Å²) in [5.74, 6) is 0.955. The van der Waals surface area contributed by atoms with Crippen molar-refractivity contribution in [1.82, 2.24) is 19.5 Å². The first kappa shape index (κ1) is 40.8. The molecule has 4 aromatic carbocycles. The molecule has 1 N–H and O–H groups in total. The first-order valence-electron chi connectivity index (χ1n) is 20.6. The molecule has 7 aromatic rings. The molecule has 0 atom stereocenters. The van der Waals surface area contributed by atoms with Crippen LogP contribution in [0.5, 0.6) is 5.75 Å². The summed E-state index contributed by atoms with van der Waals surface area (Å²) >= 11 is 0. The second kappa shape index (κ2) is 14.5. The zero-order valence-corrected chi connectivity index (χ0v) is 38.1. The van der Waals surface area contributed by atoms with Crippen molar-refractivity contribution in [1.29, 1.82) is 0 Å². The molecule has 7 rings (SSSR count).